The number of nitrogens with one attached hydrogen (secondary N) is 2. The Balaban J connectivity index is 1.27. The molecule has 0 unspecified atom stereocenters. The van der Waals surface area contributed by atoms with Crippen LogP contribution in [0.15, 0.2) is 93.9 Å². The predicted molar refractivity (Wildman–Crippen MR) is 187 cm³/mol. The minimum atomic E-state index is -0.228. The van der Waals surface area contributed by atoms with E-state index in [2.05, 4.69) is 70.2 Å². The summed E-state index contributed by atoms with van der Waals surface area (Å²) in [6.45, 7) is 9.85. The summed E-state index contributed by atoms with van der Waals surface area (Å²) in [5.41, 5.74) is 2.31. The second-order valence-electron chi connectivity index (χ2n) is 11.4. The van der Waals surface area contributed by atoms with Crippen LogP contribution in [-0.2, 0) is 0 Å². The Morgan fingerprint density at radius 3 is 1.31 bits per heavy atom. The van der Waals surface area contributed by atoms with E-state index in [0.29, 0.717) is 70.5 Å². The summed E-state index contributed by atoms with van der Waals surface area (Å²) in [6.07, 6.45) is 1.92. The summed E-state index contributed by atoms with van der Waals surface area (Å²) in [5, 5.41) is 5.81. The van der Waals surface area contributed by atoms with E-state index < -0.39 is 0 Å². The molecule has 0 saturated carbocycles. The van der Waals surface area contributed by atoms with Crippen LogP contribution in [0.1, 0.15) is 61.3 Å². The second kappa shape index (κ2) is 16.5. The Morgan fingerprint density at radius 2 is 0.978 bits per heavy atom. The molecule has 236 valence electrons. The fourth-order valence-corrected chi connectivity index (χ4v) is 5.07. The Labute approximate surface area is 281 Å². The molecule has 0 aliphatic heterocycles. The highest BCUT2D eigenvalue weighted by atomic mass is 79.9. The van der Waals surface area contributed by atoms with Crippen LogP contribution in [0, 0.1) is 11.8 Å². The number of ether oxygens (including phenoxy) is 3. The molecule has 0 radical (unpaired) electrons. The highest BCUT2D eigenvalue weighted by molar-refractivity contribution is 9.10. The van der Waals surface area contributed by atoms with Gasteiger partial charge in [0.15, 0.2) is 0 Å². The average Bonchev–Trinajstić information content (AvgIpc) is 3.00. The highest BCUT2D eigenvalue weighted by Crippen LogP contribution is 2.29. The molecule has 0 spiro atoms. The normalized spacial score (nSPS) is 10.9. The van der Waals surface area contributed by atoms with Gasteiger partial charge in [-0.25, -0.2) is 0 Å². The number of carbonyl (C=O) groups is 2. The van der Waals surface area contributed by atoms with Crippen LogP contribution in [0.25, 0.3) is 0 Å². The van der Waals surface area contributed by atoms with Crippen LogP contribution in [-0.4, -0.2) is 25.0 Å². The van der Waals surface area contributed by atoms with Gasteiger partial charge in [0.1, 0.15) is 23.0 Å². The van der Waals surface area contributed by atoms with Crippen molar-refractivity contribution in [2.45, 2.75) is 40.5 Å². The monoisotopic (exact) mass is 736 g/mol. The van der Waals surface area contributed by atoms with Crippen molar-refractivity contribution >= 4 is 55.0 Å². The fourth-order valence-electron chi connectivity index (χ4n) is 4.08. The van der Waals surface area contributed by atoms with Crippen LogP contribution in [0.4, 0.5) is 11.4 Å². The van der Waals surface area contributed by atoms with E-state index in [4.69, 9.17) is 14.2 Å². The first-order valence-corrected chi connectivity index (χ1v) is 16.5. The Kier molecular flexibility index (Phi) is 12.5. The van der Waals surface area contributed by atoms with Crippen LogP contribution in [0.3, 0.4) is 0 Å². The Bertz CT molecular complexity index is 1470. The van der Waals surface area contributed by atoms with Crippen LogP contribution < -0.4 is 24.8 Å². The minimum absolute atomic E-state index is 0.228. The van der Waals surface area contributed by atoms with Crippen molar-refractivity contribution in [2.24, 2.45) is 11.8 Å². The highest BCUT2D eigenvalue weighted by Gasteiger charge is 2.12. The van der Waals surface area contributed by atoms with Crippen LogP contribution >= 0.6 is 31.9 Å². The number of halogens is 2. The molecule has 4 aromatic carbocycles. The average molecular weight is 739 g/mol. The SMILES string of the molecule is CC(C)CCOc1ccc(C(=O)Nc2ccc(Oc3ccc(NC(=O)c4ccc(OCCC(C)C)c(Br)c4)cc3)cc2)cc1Br. The molecule has 0 aliphatic carbocycles. The third-order valence-electron chi connectivity index (χ3n) is 6.75. The summed E-state index contributed by atoms with van der Waals surface area (Å²) >= 11 is 7.01. The lowest BCUT2D eigenvalue weighted by atomic mass is 10.1. The zero-order valence-electron chi connectivity index (χ0n) is 25.9. The van der Waals surface area contributed by atoms with Gasteiger partial charge in [-0.05, 0) is 141 Å². The predicted octanol–water partition coefficient (Wildman–Crippen LogP) is 10.4. The molecule has 4 aromatic rings. The van der Waals surface area contributed by atoms with Gasteiger partial charge in [0.05, 0.1) is 22.2 Å². The number of benzene rings is 4. The van der Waals surface area contributed by atoms with Crippen molar-refractivity contribution in [3.63, 3.8) is 0 Å². The lowest BCUT2D eigenvalue weighted by Crippen LogP contribution is -2.12. The van der Waals surface area contributed by atoms with Crippen LogP contribution in [0.2, 0.25) is 0 Å². The zero-order chi connectivity index (χ0) is 32.3. The van der Waals surface area contributed by atoms with Gasteiger partial charge >= 0.3 is 0 Å². The van der Waals surface area contributed by atoms with Gasteiger partial charge in [0.25, 0.3) is 11.8 Å². The Morgan fingerprint density at radius 1 is 0.600 bits per heavy atom. The summed E-state index contributed by atoms with van der Waals surface area (Å²) in [6, 6.07) is 24.8. The molecular formula is C36H38Br2N2O5. The molecular weight excluding hydrogens is 700 g/mol. The van der Waals surface area contributed by atoms with Gasteiger partial charge in [-0.2, -0.15) is 0 Å². The molecule has 4 rings (SSSR count). The van der Waals surface area contributed by atoms with E-state index in [0.717, 1.165) is 21.8 Å². The van der Waals surface area contributed by atoms with E-state index in [9.17, 15) is 9.59 Å². The fraction of sp³-hybridized carbons (Fsp3) is 0.278. The maximum absolute atomic E-state index is 12.8. The number of amides is 2. The second-order valence-corrected chi connectivity index (χ2v) is 13.1. The number of rotatable bonds is 14. The molecule has 0 bridgehead atoms. The molecule has 2 N–H and O–H groups in total. The molecule has 0 fully saturated rings. The largest absolute Gasteiger partial charge is 0.492 e. The molecule has 0 aromatic heterocycles. The number of hydrogen-bond acceptors (Lipinski definition) is 5. The van der Waals surface area contributed by atoms with Gasteiger partial charge in [0, 0.05) is 22.5 Å². The molecule has 9 heteroatoms. The molecule has 0 heterocycles. The maximum Gasteiger partial charge on any atom is 0.255 e. The molecule has 0 aliphatic rings. The summed E-state index contributed by atoms with van der Waals surface area (Å²) < 4.78 is 19.0. The molecule has 45 heavy (non-hydrogen) atoms. The third-order valence-corrected chi connectivity index (χ3v) is 7.99. The molecule has 0 atom stereocenters. The summed E-state index contributed by atoms with van der Waals surface area (Å²) in [4.78, 5) is 25.6. The number of hydrogen-bond donors (Lipinski definition) is 2. The Hall–Kier alpha value is -3.82. The first-order chi connectivity index (χ1) is 21.6. The smallest absolute Gasteiger partial charge is 0.255 e. The van der Waals surface area contributed by atoms with E-state index >= 15 is 0 Å². The van der Waals surface area contributed by atoms with E-state index in [-0.39, 0.29) is 11.8 Å². The van der Waals surface area contributed by atoms with Crippen LogP contribution in [0.5, 0.6) is 23.0 Å². The first-order valence-electron chi connectivity index (χ1n) is 14.9. The van der Waals surface area contributed by atoms with Gasteiger partial charge in [-0.3, -0.25) is 9.59 Å². The van der Waals surface area contributed by atoms with E-state index in [1.54, 1.807) is 84.9 Å². The molecule has 0 saturated heterocycles. The molecule has 2 amide bonds. The topological polar surface area (TPSA) is 85.9 Å². The lowest BCUT2D eigenvalue weighted by molar-refractivity contribution is 0.101. The quantitative estimate of drug-likeness (QED) is 0.135. The minimum Gasteiger partial charge on any atom is -0.492 e. The van der Waals surface area contributed by atoms with Crippen molar-refractivity contribution in [2.75, 3.05) is 23.8 Å². The standard InChI is InChI=1S/C36H38Br2N2O5/c1-23(2)17-19-43-33-15-5-25(21-31(33)37)35(41)39-27-7-11-29(12-8-27)45-30-13-9-28(10-14-30)40-36(42)26-6-16-34(32(38)22-26)44-20-18-24(3)4/h5-16,21-24H,17-20H2,1-4H3,(H,39,41)(H,40,42). The van der Waals surface area contributed by atoms with Crippen molar-refractivity contribution < 1.29 is 23.8 Å². The third kappa shape index (κ3) is 10.6. The summed E-state index contributed by atoms with van der Waals surface area (Å²) in [5.74, 6) is 3.30. The van der Waals surface area contributed by atoms with Gasteiger partial charge in [0.2, 0.25) is 0 Å². The van der Waals surface area contributed by atoms with Crippen molar-refractivity contribution in [3.05, 3.63) is 105 Å². The molecule has 7 nitrogen and oxygen atoms in total. The van der Waals surface area contributed by atoms with E-state index in [1.807, 2.05) is 0 Å². The van der Waals surface area contributed by atoms with Gasteiger partial charge < -0.3 is 24.8 Å². The summed E-state index contributed by atoms with van der Waals surface area (Å²) in [7, 11) is 0. The first kappa shape index (κ1) is 34.1. The van der Waals surface area contributed by atoms with Gasteiger partial charge in [-0.1, -0.05) is 27.7 Å². The number of carbonyl (C=O) groups excluding carboxylic acids is 2. The van der Waals surface area contributed by atoms with E-state index in [1.165, 1.54) is 0 Å². The van der Waals surface area contributed by atoms with Crippen molar-refractivity contribution in [1.29, 1.82) is 0 Å². The maximum atomic E-state index is 12.8. The van der Waals surface area contributed by atoms with Crippen molar-refractivity contribution in [3.8, 4) is 23.0 Å². The van der Waals surface area contributed by atoms with Crippen molar-refractivity contribution in [1.82, 2.24) is 0 Å². The number of anilines is 2. The van der Waals surface area contributed by atoms with Gasteiger partial charge in [-0.15, -0.1) is 0 Å². The zero-order valence-corrected chi connectivity index (χ0v) is 29.0. The lowest BCUT2D eigenvalue weighted by Gasteiger charge is -2.12.